The summed E-state index contributed by atoms with van der Waals surface area (Å²) in [6, 6.07) is 9.64. The Hall–Kier alpha value is -3.69. The second-order valence-electron chi connectivity index (χ2n) is 4.65. The van der Waals surface area contributed by atoms with Crippen LogP contribution >= 0.6 is 0 Å². The van der Waals surface area contributed by atoms with Crippen LogP contribution in [0.2, 0.25) is 0 Å². The first kappa shape index (κ1) is 15.2. The number of nitrogens with one attached hydrogen (secondary N) is 1. The number of hydrogen-bond donors (Lipinski definition) is 1. The van der Waals surface area contributed by atoms with E-state index in [1.165, 1.54) is 17.1 Å². The summed E-state index contributed by atoms with van der Waals surface area (Å²) >= 11 is 0. The van der Waals surface area contributed by atoms with E-state index < -0.39 is 22.3 Å². The molecule has 0 saturated carbocycles. The average molecular weight is 328 g/mol. The van der Waals surface area contributed by atoms with E-state index in [2.05, 4.69) is 20.8 Å². The van der Waals surface area contributed by atoms with Crippen molar-refractivity contribution >= 4 is 17.3 Å². The summed E-state index contributed by atoms with van der Waals surface area (Å²) in [4.78, 5) is 22.3. The molecule has 24 heavy (non-hydrogen) atoms. The molecule has 0 aliphatic carbocycles. The summed E-state index contributed by atoms with van der Waals surface area (Å²) in [7, 11) is 0. The highest BCUT2D eigenvalue weighted by Gasteiger charge is 2.17. The van der Waals surface area contributed by atoms with Crippen molar-refractivity contribution in [2.45, 2.75) is 0 Å². The van der Waals surface area contributed by atoms with E-state index in [0.29, 0.717) is 5.69 Å². The Labute approximate surface area is 133 Å². The summed E-state index contributed by atoms with van der Waals surface area (Å²) in [5.41, 5.74) is 0.0505. The fourth-order valence-electron chi connectivity index (χ4n) is 2.07. The molecule has 1 heterocycles. The van der Waals surface area contributed by atoms with Crippen molar-refractivity contribution in [2.24, 2.45) is 0 Å². The maximum absolute atomic E-state index is 13.4. The molecule has 0 radical (unpaired) electrons. The maximum Gasteiger partial charge on any atom is 0.306 e. The molecule has 3 rings (SSSR count). The first-order valence-electron chi connectivity index (χ1n) is 6.64. The quantitative estimate of drug-likeness (QED) is 0.578. The lowest BCUT2D eigenvalue weighted by Gasteiger charge is -2.09. The first-order valence-corrected chi connectivity index (χ1v) is 6.64. The molecule has 120 valence electrons. The van der Waals surface area contributed by atoms with Crippen molar-refractivity contribution in [2.75, 3.05) is 5.32 Å². The minimum Gasteiger partial charge on any atom is -0.322 e. The van der Waals surface area contributed by atoms with Crippen molar-refractivity contribution < 1.29 is 14.1 Å². The predicted molar refractivity (Wildman–Crippen MR) is 80.2 cm³/mol. The topological polar surface area (TPSA) is 116 Å². The largest absolute Gasteiger partial charge is 0.322 e. The Morgan fingerprint density at radius 3 is 2.75 bits per heavy atom. The van der Waals surface area contributed by atoms with Crippen molar-refractivity contribution in [3.05, 3.63) is 70.3 Å². The number of benzene rings is 2. The van der Waals surface area contributed by atoms with Crippen molar-refractivity contribution in [3.8, 4) is 5.69 Å². The van der Waals surface area contributed by atoms with Crippen LogP contribution in [0.5, 0.6) is 0 Å². The Balaban J connectivity index is 1.92. The lowest BCUT2D eigenvalue weighted by Crippen LogP contribution is -2.15. The van der Waals surface area contributed by atoms with E-state index in [1.54, 1.807) is 24.3 Å². The van der Waals surface area contributed by atoms with Crippen LogP contribution in [0.3, 0.4) is 0 Å². The van der Waals surface area contributed by atoms with Crippen LogP contribution in [0.4, 0.5) is 15.8 Å². The van der Waals surface area contributed by atoms with Crippen molar-refractivity contribution in [1.29, 1.82) is 0 Å². The smallest absolute Gasteiger partial charge is 0.306 e. The van der Waals surface area contributed by atoms with E-state index in [9.17, 15) is 19.3 Å². The number of nitro groups is 1. The number of anilines is 1. The molecular weight excluding hydrogens is 319 g/mol. The third kappa shape index (κ3) is 2.92. The van der Waals surface area contributed by atoms with Gasteiger partial charge in [0.25, 0.3) is 5.91 Å². The molecule has 0 aliphatic heterocycles. The average Bonchev–Trinajstić information content (AvgIpc) is 3.10. The Morgan fingerprint density at radius 1 is 1.25 bits per heavy atom. The number of rotatable bonds is 4. The molecule has 3 aromatic rings. The van der Waals surface area contributed by atoms with Crippen molar-refractivity contribution in [3.63, 3.8) is 0 Å². The van der Waals surface area contributed by atoms with E-state index in [-0.39, 0.29) is 11.3 Å². The Bertz CT molecular complexity index is 913. The number of nitro benzene ring substituents is 1. The maximum atomic E-state index is 13.4. The molecule has 10 heteroatoms. The van der Waals surface area contributed by atoms with Gasteiger partial charge in [-0.15, -0.1) is 5.10 Å². The number of hydrogen-bond acceptors (Lipinski definition) is 6. The second-order valence-corrected chi connectivity index (χ2v) is 4.65. The summed E-state index contributed by atoms with van der Waals surface area (Å²) in [5.74, 6) is -1.52. The fraction of sp³-hybridized carbons (Fsp3) is 0. The highest BCUT2D eigenvalue weighted by molar-refractivity contribution is 6.06. The zero-order valence-electron chi connectivity index (χ0n) is 12.0. The zero-order valence-corrected chi connectivity index (χ0v) is 12.0. The monoisotopic (exact) mass is 328 g/mol. The van der Waals surface area contributed by atoms with Gasteiger partial charge in [0.15, 0.2) is 0 Å². The predicted octanol–water partition coefficient (Wildman–Crippen LogP) is 1.96. The Kier molecular flexibility index (Phi) is 3.93. The van der Waals surface area contributed by atoms with Gasteiger partial charge in [-0.1, -0.05) is 12.1 Å². The number of halogens is 1. The number of para-hydroxylation sites is 1. The number of aromatic nitrogens is 4. The molecule has 1 aromatic heterocycles. The number of nitrogens with zero attached hydrogens (tertiary/aromatic N) is 5. The van der Waals surface area contributed by atoms with Crippen LogP contribution in [-0.2, 0) is 0 Å². The number of carbonyl (C=O) groups is 1. The van der Waals surface area contributed by atoms with E-state index in [1.807, 2.05) is 0 Å². The third-order valence-electron chi connectivity index (χ3n) is 3.15. The molecular formula is C14H9FN6O3. The Morgan fingerprint density at radius 2 is 2.04 bits per heavy atom. The van der Waals surface area contributed by atoms with Gasteiger partial charge in [-0.2, -0.15) is 9.07 Å². The van der Waals surface area contributed by atoms with Gasteiger partial charge in [0, 0.05) is 11.8 Å². The fourth-order valence-corrected chi connectivity index (χ4v) is 2.07. The standard InChI is InChI=1S/C14H9FN6O3/c15-11-6-5-9(7-13(11)21(23)24)17-14(22)10-3-1-2-4-12(10)20-8-16-18-19-20/h1-8H,(H,17,22). The highest BCUT2D eigenvalue weighted by atomic mass is 19.1. The first-order chi connectivity index (χ1) is 11.6. The van der Waals surface area contributed by atoms with Gasteiger partial charge in [0.1, 0.15) is 6.33 Å². The number of carbonyl (C=O) groups excluding carboxylic acids is 1. The molecule has 0 aliphatic rings. The minimum absolute atomic E-state index is 0.0969. The molecule has 0 saturated heterocycles. The summed E-state index contributed by atoms with van der Waals surface area (Å²) in [5, 5.41) is 24.0. The van der Waals surface area contributed by atoms with Gasteiger partial charge in [0.05, 0.1) is 16.2 Å². The molecule has 0 spiro atoms. The van der Waals surface area contributed by atoms with Gasteiger partial charge in [0.2, 0.25) is 5.82 Å². The highest BCUT2D eigenvalue weighted by Crippen LogP contribution is 2.22. The molecule has 1 amide bonds. The molecule has 0 bridgehead atoms. The van der Waals surface area contributed by atoms with Crippen LogP contribution < -0.4 is 5.32 Å². The summed E-state index contributed by atoms with van der Waals surface area (Å²) in [6.07, 6.45) is 1.33. The van der Waals surface area contributed by atoms with Crippen LogP contribution in [0, 0.1) is 15.9 Å². The lowest BCUT2D eigenvalue weighted by molar-refractivity contribution is -0.387. The van der Waals surface area contributed by atoms with Crippen molar-refractivity contribution in [1.82, 2.24) is 20.2 Å². The van der Waals surface area contributed by atoms with Gasteiger partial charge in [-0.25, -0.2) is 0 Å². The second kappa shape index (κ2) is 6.20. The SMILES string of the molecule is O=C(Nc1ccc(F)c([N+](=O)[O-])c1)c1ccccc1-n1cnnn1. The molecule has 0 atom stereocenters. The number of amides is 1. The van der Waals surface area contributed by atoms with Gasteiger partial charge in [-0.3, -0.25) is 14.9 Å². The minimum atomic E-state index is -0.980. The molecule has 9 nitrogen and oxygen atoms in total. The third-order valence-corrected chi connectivity index (χ3v) is 3.15. The molecule has 1 N–H and O–H groups in total. The van der Waals surface area contributed by atoms with Gasteiger partial charge < -0.3 is 5.32 Å². The van der Waals surface area contributed by atoms with E-state index >= 15 is 0 Å². The number of tetrazole rings is 1. The lowest BCUT2D eigenvalue weighted by atomic mass is 10.1. The molecule has 0 unspecified atom stereocenters. The van der Waals surface area contributed by atoms with Crippen LogP contribution in [-0.4, -0.2) is 31.0 Å². The molecule has 2 aromatic carbocycles. The van der Waals surface area contributed by atoms with Crippen LogP contribution in [0.15, 0.2) is 48.8 Å². The van der Waals surface area contributed by atoms with E-state index in [4.69, 9.17) is 0 Å². The zero-order chi connectivity index (χ0) is 17.1. The molecule has 0 fully saturated rings. The summed E-state index contributed by atoms with van der Waals surface area (Å²) in [6.45, 7) is 0. The van der Waals surface area contributed by atoms with Gasteiger partial charge >= 0.3 is 5.69 Å². The van der Waals surface area contributed by atoms with Gasteiger partial charge in [-0.05, 0) is 34.7 Å². The normalized spacial score (nSPS) is 10.4. The van der Waals surface area contributed by atoms with Crippen LogP contribution in [0.1, 0.15) is 10.4 Å². The van der Waals surface area contributed by atoms with Crippen LogP contribution in [0.25, 0.3) is 5.69 Å². The van der Waals surface area contributed by atoms with E-state index in [0.717, 1.165) is 12.1 Å². The summed E-state index contributed by atoms with van der Waals surface area (Å²) < 4.78 is 14.7.